The number of hydrogen-bond acceptors (Lipinski definition) is 4. The normalized spacial score (nSPS) is 16.5. The van der Waals surface area contributed by atoms with Crippen molar-refractivity contribution in [2.24, 2.45) is 0 Å². The summed E-state index contributed by atoms with van der Waals surface area (Å²) >= 11 is 6.14. The maximum Gasteiger partial charge on any atom is 0.390 e. The van der Waals surface area contributed by atoms with Crippen LogP contribution in [0.2, 0.25) is 5.02 Å². The Hall–Kier alpha value is -2.99. The van der Waals surface area contributed by atoms with E-state index in [1.54, 1.807) is 17.9 Å². The van der Waals surface area contributed by atoms with E-state index >= 15 is 0 Å². The highest BCUT2D eigenvalue weighted by atomic mass is 35.5. The first-order valence-corrected chi connectivity index (χ1v) is 11.7. The molecule has 1 fully saturated rings. The van der Waals surface area contributed by atoms with Gasteiger partial charge in [-0.2, -0.15) is 13.2 Å². The Kier molecular flexibility index (Phi) is 9.30. The molecule has 0 aliphatic carbocycles. The zero-order chi connectivity index (χ0) is 27.3. The van der Waals surface area contributed by atoms with Crippen molar-refractivity contribution in [2.45, 2.75) is 32.1 Å². The number of piperazine rings is 1. The van der Waals surface area contributed by atoms with Crippen LogP contribution in [-0.2, 0) is 11.3 Å². The van der Waals surface area contributed by atoms with Crippen molar-refractivity contribution < 1.29 is 35.9 Å². The summed E-state index contributed by atoms with van der Waals surface area (Å²) in [5.41, 5.74) is -0.122. The highest BCUT2D eigenvalue weighted by molar-refractivity contribution is 6.31. The lowest BCUT2D eigenvalue weighted by Gasteiger charge is -2.41. The van der Waals surface area contributed by atoms with Crippen molar-refractivity contribution in [2.75, 3.05) is 43.1 Å². The molecule has 2 amide bonds. The lowest BCUT2D eigenvalue weighted by Crippen LogP contribution is -2.52. The van der Waals surface area contributed by atoms with Crippen molar-refractivity contribution in [3.8, 4) is 0 Å². The molecular formula is C24H25ClF6N4O2. The zero-order valence-corrected chi connectivity index (χ0v) is 20.5. The second kappa shape index (κ2) is 12.0. The monoisotopic (exact) mass is 550 g/mol. The summed E-state index contributed by atoms with van der Waals surface area (Å²) in [6.45, 7) is 0.947. The van der Waals surface area contributed by atoms with E-state index in [1.807, 2.05) is 4.90 Å². The molecule has 13 heteroatoms. The van der Waals surface area contributed by atoms with Gasteiger partial charge in [0.2, 0.25) is 0 Å². The van der Waals surface area contributed by atoms with Crippen LogP contribution in [0.25, 0.3) is 0 Å². The van der Waals surface area contributed by atoms with E-state index in [2.05, 4.69) is 10.6 Å². The Morgan fingerprint density at radius 1 is 1.11 bits per heavy atom. The molecule has 2 aromatic carbocycles. The molecule has 0 aromatic heterocycles. The van der Waals surface area contributed by atoms with E-state index in [9.17, 15) is 35.9 Å². The summed E-state index contributed by atoms with van der Waals surface area (Å²) in [5, 5.41) is 4.96. The number of benzene rings is 2. The van der Waals surface area contributed by atoms with Crippen LogP contribution in [0.5, 0.6) is 0 Å². The quantitative estimate of drug-likeness (QED) is 0.458. The van der Waals surface area contributed by atoms with Crippen LogP contribution in [0, 0.1) is 11.6 Å². The summed E-state index contributed by atoms with van der Waals surface area (Å²) in [4.78, 5) is 27.4. The van der Waals surface area contributed by atoms with E-state index in [0.717, 1.165) is 12.1 Å². The summed E-state index contributed by atoms with van der Waals surface area (Å²) in [7, 11) is 0. The fourth-order valence-electron chi connectivity index (χ4n) is 4.02. The Labute approximate surface area is 214 Å². The van der Waals surface area contributed by atoms with Gasteiger partial charge in [-0.1, -0.05) is 17.7 Å². The molecule has 1 saturated heterocycles. The van der Waals surface area contributed by atoms with E-state index < -0.39 is 54.8 Å². The number of amides is 2. The van der Waals surface area contributed by atoms with Gasteiger partial charge >= 0.3 is 6.18 Å². The number of nitrogens with one attached hydrogen (secondary N) is 2. The molecule has 2 N–H and O–H groups in total. The maximum atomic E-state index is 14.7. The molecule has 1 heterocycles. The maximum absolute atomic E-state index is 14.7. The van der Waals surface area contributed by atoms with E-state index in [-0.39, 0.29) is 23.8 Å². The molecule has 3 rings (SSSR count). The summed E-state index contributed by atoms with van der Waals surface area (Å²) in [6.07, 6.45) is -5.17. The summed E-state index contributed by atoms with van der Waals surface area (Å²) in [6, 6.07) is 6.49. The second-order valence-corrected chi connectivity index (χ2v) is 9.06. The predicted molar refractivity (Wildman–Crippen MR) is 128 cm³/mol. The average Bonchev–Trinajstić information content (AvgIpc) is 2.84. The van der Waals surface area contributed by atoms with Gasteiger partial charge in [0, 0.05) is 49.4 Å². The Bertz CT molecular complexity index is 1150. The van der Waals surface area contributed by atoms with E-state index in [0.29, 0.717) is 30.3 Å². The fraction of sp³-hybridized carbons (Fsp3) is 0.417. The summed E-state index contributed by atoms with van der Waals surface area (Å²) < 4.78 is 79.3. The molecular weight excluding hydrogens is 526 g/mol. The Morgan fingerprint density at radius 3 is 2.49 bits per heavy atom. The van der Waals surface area contributed by atoms with Crippen molar-refractivity contribution in [3.63, 3.8) is 0 Å². The van der Waals surface area contributed by atoms with Crippen molar-refractivity contribution in [1.29, 1.82) is 0 Å². The van der Waals surface area contributed by atoms with Crippen molar-refractivity contribution in [1.82, 2.24) is 10.2 Å². The third-order valence-corrected chi connectivity index (χ3v) is 6.24. The minimum atomic E-state index is -4.25. The minimum Gasteiger partial charge on any atom is -0.367 e. The van der Waals surface area contributed by atoms with Crippen LogP contribution in [0.1, 0.15) is 29.3 Å². The first-order chi connectivity index (χ1) is 17.4. The van der Waals surface area contributed by atoms with Gasteiger partial charge in [-0.15, -0.1) is 0 Å². The van der Waals surface area contributed by atoms with Crippen LogP contribution < -0.4 is 15.5 Å². The molecule has 2 aromatic rings. The van der Waals surface area contributed by atoms with Gasteiger partial charge in [-0.05, 0) is 31.2 Å². The summed E-state index contributed by atoms with van der Waals surface area (Å²) in [5.74, 6) is -4.73. The van der Waals surface area contributed by atoms with Crippen molar-refractivity contribution in [3.05, 3.63) is 58.1 Å². The first-order valence-electron chi connectivity index (χ1n) is 11.4. The number of halogens is 7. The van der Waals surface area contributed by atoms with Crippen LogP contribution >= 0.6 is 11.6 Å². The highest BCUT2D eigenvalue weighted by Gasteiger charge is 2.31. The van der Waals surface area contributed by atoms with Crippen LogP contribution in [0.15, 0.2) is 30.3 Å². The molecule has 0 radical (unpaired) electrons. The van der Waals surface area contributed by atoms with Crippen LogP contribution in [0.4, 0.5) is 37.7 Å². The Morgan fingerprint density at radius 2 is 1.84 bits per heavy atom. The van der Waals surface area contributed by atoms with Gasteiger partial charge < -0.3 is 15.5 Å². The first kappa shape index (κ1) is 28.6. The fourth-order valence-corrected chi connectivity index (χ4v) is 4.19. The topological polar surface area (TPSA) is 64.7 Å². The molecule has 37 heavy (non-hydrogen) atoms. The molecule has 1 aliphatic heterocycles. The lowest BCUT2D eigenvalue weighted by atomic mass is 10.1. The van der Waals surface area contributed by atoms with Crippen LogP contribution in [-0.4, -0.2) is 61.8 Å². The van der Waals surface area contributed by atoms with E-state index in [4.69, 9.17) is 11.6 Å². The zero-order valence-electron chi connectivity index (χ0n) is 19.8. The molecule has 0 bridgehead atoms. The molecule has 6 nitrogen and oxygen atoms in total. The smallest absolute Gasteiger partial charge is 0.367 e. The third-order valence-electron chi connectivity index (χ3n) is 6.00. The lowest BCUT2D eigenvalue weighted by molar-refractivity contribution is -0.139. The van der Waals surface area contributed by atoms with Gasteiger partial charge in [0.05, 0.1) is 23.4 Å². The standard InChI is InChI=1S/C24H25ClF6N4O2/c1-14-13-35(9-8-34(14)7-6-24(29,30)31)19-10-16(25)3-5-18(19)33-23(37)17-4-2-15(21(27)22(17)28)12-32-20(36)11-26/h2-5,10,14H,6-9,11-13H2,1H3,(H,32,36)(H,33,37)/t14-/m0/s1. The molecule has 202 valence electrons. The number of hydrogen-bond donors (Lipinski definition) is 2. The number of anilines is 2. The van der Waals surface area contributed by atoms with E-state index in [1.165, 1.54) is 12.1 Å². The minimum absolute atomic E-state index is 0.129. The number of carbonyl (C=O) groups is 2. The molecule has 0 spiro atoms. The van der Waals surface area contributed by atoms with Gasteiger partial charge in [-0.3, -0.25) is 14.5 Å². The number of alkyl halides is 4. The average molecular weight is 551 g/mol. The second-order valence-electron chi connectivity index (χ2n) is 8.62. The van der Waals surface area contributed by atoms with Crippen molar-refractivity contribution >= 4 is 34.8 Å². The number of rotatable bonds is 8. The largest absolute Gasteiger partial charge is 0.390 e. The molecule has 1 aliphatic rings. The van der Waals surface area contributed by atoms with Gasteiger partial charge in [-0.25, -0.2) is 13.2 Å². The number of carbonyl (C=O) groups excluding carboxylic acids is 2. The predicted octanol–water partition coefficient (Wildman–Crippen LogP) is 4.92. The molecule has 0 unspecified atom stereocenters. The van der Waals surface area contributed by atoms with Gasteiger partial charge in [0.25, 0.3) is 11.8 Å². The molecule has 1 atom stereocenters. The SMILES string of the molecule is C[C@H]1CN(c2cc(Cl)ccc2NC(=O)c2ccc(CNC(=O)CF)c(F)c2F)CCN1CCC(F)(F)F. The molecule has 0 saturated carbocycles. The van der Waals surface area contributed by atoms with Gasteiger partial charge in [0.15, 0.2) is 18.3 Å². The van der Waals surface area contributed by atoms with Crippen LogP contribution in [0.3, 0.4) is 0 Å². The Balaban J connectivity index is 1.75. The number of nitrogens with zero attached hydrogens (tertiary/aromatic N) is 2. The van der Waals surface area contributed by atoms with Gasteiger partial charge in [0.1, 0.15) is 0 Å². The highest BCUT2D eigenvalue weighted by Crippen LogP contribution is 2.32. The third kappa shape index (κ3) is 7.51.